The van der Waals surface area contributed by atoms with Crippen LogP contribution in [0, 0.1) is 18.3 Å². The van der Waals surface area contributed by atoms with Crippen LogP contribution < -0.4 is 5.56 Å². The fourth-order valence-corrected chi connectivity index (χ4v) is 2.67. The first-order valence-electron chi connectivity index (χ1n) is 7.19. The van der Waals surface area contributed by atoms with Gasteiger partial charge in [-0.3, -0.25) is 4.79 Å². The Morgan fingerprint density at radius 1 is 1.09 bits per heavy atom. The minimum absolute atomic E-state index is 0.224. The number of nitriles is 1. The molecule has 5 nitrogen and oxygen atoms in total. The summed E-state index contributed by atoms with van der Waals surface area (Å²) in [4.78, 5) is 15.1. The molecular formula is C18H12N4O. The largest absolute Gasteiger partial charge is 0.319 e. The molecule has 0 unspecified atom stereocenters. The van der Waals surface area contributed by atoms with Crippen LogP contribution in [0.2, 0.25) is 0 Å². The van der Waals surface area contributed by atoms with Crippen molar-refractivity contribution in [3.05, 3.63) is 70.0 Å². The van der Waals surface area contributed by atoms with Crippen molar-refractivity contribution in [1.29, 1.82) is 5.26 Å². The van der Waals surface area contributed by atoms with Crippen LogP contribution in [-0.2, 0) is 0 Å². The zero-order valence-corrected chi connectivity index (χ0v) is 12.4. The molecule has 23 heavy (non-hydrogen) atoms. The van der Waals surface area contributed by atoms with Crippen LogP contribution in [0.1, 0.15) is 11.1 Å². The summed E-state index contributed by atoms with van der Waals surface area (Å²) in [6, 6.07) is 17.0. The van der Waals surface area contributed by atoms with Gasteiger partial charge in [0.25, 0.3) is 5.56 Å². The van der Waals surface area contributed by atoms with E-state index in [4.69, 9.17) is 5.26 Å². The molecule has 0 atom stereocenters. The first-order chi connectivity index (χ1) is 11.2. The monoisotopic (exact) mass is 300 g/mol. The molecule has 0 aliphatic carbocycles. The Hall–Kier alpha value is -3.39. The number of aromatic amines is 1. The van der Waals surface area contributed by atoms with E-state index in [0.29, 0.717) is 16.6 Å². The van der Waals surface area contributed by atoms with Crippen molar-refractivity contribution < 1.29 is 0 Å². The van der Waals surface area contributed by atoms with Crippen LogP contribution in [0.4, 0.5) is 0 Å². The molecule has 0 saturated carbocycles. The van der Waals surface area contributed by atoms with Crippen molar-refractivity contribution in [2.75, 3.05) is 0 Å². The highest BCUT2D eigenvalue weighted by Gasteiger charge is 2.11. The predicted octanol–water partition coefficient (Wildman–Crippen LogP) is 3.02. The van der Waals surface area contributed by atoms with Gasteiger partial charge in [-0.05, 0) is 31.2 Å². The Kier molecular flexibility index (Phi) is 2.78. The van der Waals surface area contributed by atoms with Crippen molar-refractivity contribution in [2.45, 2.75) is 6.92 Å². The second-order valence-electron chi connectivity index (χ2n) is 5.49. The average Bonchev–Trinajstić information content (AvgIpc) is 3.01. The molecule has 0 aliphatic heterocycles. The van der Waals surface area contributed by atoms with Gasteiger partial charge in [-0.2, -0.15) is 10.4 Å². The highest BCUT2D eigenvalue weighted by molar-refractivity contribution is 5.80. The summed E-state index contributed by atoms with van der Waals surface area (Å²) in [5.74, 6) is 0. The second kappa shape index (κ2) is 4.82. The molecule has 0 amide bonds. The van der Waals surface area contributed by atoms with Crippen LogP contribution in [0.15, 0.2) is 53.3 Å². The van der Waals surface area contributed by atoms with Crippen LogP contribution >= 0.6 is 0 Å². The molecule has 2 aromatic heterocycles. The van der Waals surface area contributed by atoms with E-state index in [-0.39, 0.29) is 5.56 Å². The summed E-state index contributed by atoms with van der Waals surface area (Å²) in [5, 5.41) is 13.6. The van der Waals surface area contributed by atoms with Gasteiger partial charge in [0.15, 0.2) is 0 Å². The van der Waals surface area contributed by atoms with Gasteiger partial charge in [0.05, 0.1) is 28.4 Å². The second-order valence-corrected chi connectivity index (χ2v) is 5.49. The fourth-order valence-electron chi connectivity index (χ4n) is 2.67. The zero-order chi connectivity index (χ0) is 16.0. The maximum Gasteiger partial charge on any atom is 0.274 e. The Morgan fingerprint density at radius 3 is 2.61 bits per heavy atom. The molecule has 0 spiro atoms. The highest BCUT2D eigenvalue weighted by atomic mass is 16.1. The van der Waals surface area contributed by atoms with Gasteiger partial charge in [-0.1, -0.05) is 29.8 Å². The summed E-state index contributed by atoms with van der Waals surface area (Å²) < 4.78 is 1.63. The van der Waals surface area contributed by atoms with Gasteiger partial charge in [0.2, 0.25) is 0 Å². The van der Waals surface area contributed by atoms with Gasteiger partial charge < -0.3 is 4.98 Å². The third-order valence-electron chi connectivity index (χ3n) is 3.89. The molecule has 110 valence electrons. The standard InChI is InChI=1S/C18H12N4O/c1-11-2-5-13(6-3-11)14-9-17-18(23)20-15-8-12(10-19)4-7-16(15)22(17)21-14/h2-9H,1H3,(H,20,23). The minimum atomic E-state index is -0.224. The molecule has 0 radical (unpaired) electrons. The van der Waals surface area contributed by atoms with E-state index >= 15 is 0 Å². The number of benzene rings is 2. The van der Waals surface area contributed by atoms with Crippen molar-refractivity contribution in [3.8, 4) is 17.3 Å². The Bertz CT molecular complexity index is 1140. The normalized spacial score (nSPS) is 11.0. The molecule has 4 rings (SSSR count). The third-order valence-corrected chi connectivity index (χ3v) is 3.89. The van der Waals surface area contributed by atoms with E-state index in [1.807, 2.05) is 31.2 Å². The number of aromatic nitrogens is 3. The molecule has 0 aliphatic rings. The SMILES string of the molecule is Cc1ccc(-c2cc3c(=O)[nH]c4cc(C#N)ccc4n3n2)cc1. The number of rotatable bonds is 1. The van der Waals surface area contributed by atoms with Crippen LogP contribution in [-0.4, -0.2) is 14.6 Å². The summed E-state index contributed by atoms with van der Waals surface area (Å²) in [6.07, 6.45) is 0. The molecule has 2 heterocycles. The van der Waals surface area contributed by atoms with Gasteiger partial charge in [0.1, 0.15) is 5.52 Å². The maximum atomic E-state index is 12.3. The number of H-pyrrole nitrogens is 1. The van der Waals surface area contributed by atoms with Crippen molar-refractivity contribution in [1.82, 2.24) is 14.6 Å². The zero-order valence-electron chi connectivity index (χ0n) is 12.4. The predicted molar refractivity (Wildman–Crippen MR) is 88.2 cm³/mol. The lowest BCUT2D eigenvalue weighted by Gasteiger charge is -2.01. The Balaban J connectivity index is 2.03. The van der Waals surface area contributed by atoms with Gasteiger partial charge in [-0.25, -0.2) is 4.52 Å². The lowest BCUT2D eigenvalue weighted by atomic mass is 10.1. The summed E-state index contributed by atoms with van der Waals surface area (Å²) in [6.45, 7) is 2.03. The molecule has 1 N–H and O–H groups in total. The number of hydrogen-bond donors (Lipinski definition) is 1. The minimum Gasteiger partial charge on any atom is -0.319 e. The fraction of sp³-hybridized carbons (Fsp3) is 0.0556. The summed E-state index contributed by atoms with van der Waals surface area (Å²) in [7, 11) is 0. The maximum absolute atomic E-state index is 12.3. The van der Waals surface area contributed by atoms with Gasteiger partial charge >= 0.3 is 0 Å². The summed E-state index contributed by atoms with van der Waals surface area (Å²) >= 11 is 0. The molecule has 5 heteroatoms. The lowest BCUT2D eigenvalue weighted by Crippen LogP contribution is -2.10. The van der Waals surface area contributed by atoms with Crippen LogP contribution in [0.5, 0.6) is 0 Å². The number of fused-ring (bicyclic) bond motifs is 3. The first-order valence-corrected chi connectivity index (χ1v) is 7.19. The molecule has 4 aromatic rings. The molecule has 0 bridgehead atoms. The van der Waals surface area contributed by atoms with E-state index in [9.17, 15) is 4.79 Å². The van der Waals surface area contributed by atoms with E-state index in [0.717, 1.165) is 16.8 Å². The van der Waals surface area contributed by atoms with E-state index < -0.39 is 0 Å². The smallest absolute Gasteiger partial charge is 0.274 e. The number of nitrogens with zero attached hydrogens (tertiary/aromatic N) is 3. The molecule has 0 saturated heterocycles. The van der Waals surface area contributed by atoms with E-state index in [2.05, 4.69) is 16.2 Å². The third kappa shape index (κ3) is 2.09. The number of nitrogens with one attached hydrogen (secondary N) is 1. The van der Waals surface area contributed by atoms with Crippen molar-refractivity contribution >= 4 is 16.6 Å². The highest BCUT2D eigenvalue weighted by Crippen LogP contribution is 2.21. The van der Waals surface area contributed by atoms with Crippen molar-refractivity contribution in [3.63, 3.8) is 0 Å². The Morgan fingerprint density at radius 2 is 1.87 bits per heavy atom. The van der Waals surface area contributed by atoms with Gasteiger partial charge in [-0.15, -0.1) is 0 Å². The van der Waals surface area contributed by atoms with E-state index in [1.54, 1.807) is 28.8 Å². The topological polar surface area (TPSA) is 74.0 Å². The average molecular weight is 300 g/mol. The molecule has 0 fully saturated rings. The summed E-state index contributed by atoms with van der Waals surface area (Å²) in [5.41, 5.74) is 4.99. The lowest BCUT2D eigenvalue weighted by molar-refractivity contribution is 0.991. The van der Waals surface area contributed by atoms with Crippen LogP contribution in [0.3, 0.4) is 0 Å². The Labute approximate surface area is 131 Å². The van der Waals surface area contributed by atoms with E-state index in [1.165, 1.54) is 5.56 Å². The quantitative estimate of drug-likeness (QED) is 0.587. The number of aryl methyl sites for hydroxylation is 1. The van der Waals surface area contributed by atoms with Crippen LogP contribution in [0.25, 0.3) is 27.8 Å². The molecular weight excluding hydrogens is 288 g/mol. The first kappa shape index (κ1) is 13.3. The van der Waals surface area contributed by atoms with Crippen molar-refractivity contribution in [2.24, 2.45) is 0 Å². The van der Waals surface area contributed by atoms with Gasteiger partial charge in [0, 0.05) is 5.56 Å². The molecule has 2 aromatic carbocycles. The number of hydrogen-bond acceptors (Lipinski definition) is 3.